The molecule has 1 aromatic carbocycles. The van der Waals surface area contributed by atoms with Gasteiger partial charge in [0.15, 0.2) is 0 Å². The van der Waals surface area contributed by atoms with Crippen molar-refractivity contribution in [3.05, 3.63) is 29.8 Å². The molecule has 2 heteroatoms. The fourth-order valence-corrected chi connectivity index (χ4v) is 4.83. The van der Waals surface area contributed by atoms with E-state index in [1.165, 1.54) is 42.6 Å². The van der Waals surface area contributed by atoms with Crippen LogP contribution in [0, 0.1) is 11.8 Å². The maximum atomic E-state index is 6.56. The van der Waals surface area contributed by atoms with Crippen LogP contribution in [0.25, 0.3) is 0 Å². The summed E-state index contributed by atoms with van der Waals surface area (Å²) in [6, 6.07) is 9.18. The third-order valence-corrected chi connectivity index (χ3v) is 6.14. The molecule has 2 N–H and O–H groups in total. The summed E-state index contributed by atoms with van der Waals surface area (Å²) < 4.78 is 0. The largest absolute Gasteiger partial charge is 0.326 e. The molecule has 1 fully saturated rings. The number of hydrogen-bond acceptors (Lipinski definition) is 2. The minimum Gasteiger partial charge on any atom is -0.326 e. The summed E-state index contributed by atoms with van der Waals surface area (Å²) in [4.78, 5) is 1.46. The van der Waals surface area contributed by atoms with Crippen LogP contribution in [0.2, 0.25) is 0 Å². The molecular weight excluding hydrogens is 238 g/mol. The average molecular weight is 261 g/mol. The third kappa shape index (κ3) is 2.46. The van der Waals surface area contributed by atoms with Crippen molar-refractivity contribution in [2.24, 2.45) is 17.6 Å². The highest BCUT2D eigenvalue weighted by atomic mass is 32.2. The Bertz CT molecular complexity index is 384. The lowest BCUT2D eigenvalue weighted by Crippen LogP contribution is -2.41. The van der Waals surface area contributed by atoms with E-state index >= 15 is 0 Å². The van der Waals surface area contributed by atoms with Gasteiger partial charge in [-0.25, -0.2) is 0 Å². The molecule has 1 heterocycles. The fraction of sp³-hybridized carbons (Fsp3) is 0.625. The van der Waals surface area contributed by atoms with Gasteiger partial charge in [0.2, 0.25) is 0 Å². The Morgan fingerprint density at radius 3 is 2.61 bits per heavy atom. The average Bonchev–Trinajstić information content (AvgIpc) is 2.82. The molecule has 1 aliphatic carbocycles. The van der Waals surface area contributed by atoms with E-state index in [1.807, 2.05) is 11.8 Å². The van der Waals surface area contributed by atoms with Gasteiger partial charge in [-0.3, -0.25) is 0 Å². The summed E-state index contributed by atoms with van der Waals surface area (Å²) in [7, 11) is 0. The summed E-state index contributed by atoms with van der Waals surface area (Å²) in [5, 5.41) is 0.612. The van der Waals surface area contributed by atoms with Crippen molar-refractivity contribution in [2.75, 3.05) is 0 Å². The van der Waals surface area contributed by atoms with Gasteiger partial charge < -0.3 is 5.73 Å². The van der Waals surface area contributed by atoms with Crippen molar-refractivity contribution in [3.63, 3.8) is 0 Å². The van der Waals surface area contributed by atoms with E-state index in [9.17, 15) is 0 Å². The van der Waals surface area contributed by atoms with Gasteiger partial charge in [0.05, 0.1) is 0 Å². The maximum Gasteiger partial charge on any atom is 0.0289 e. The topological polar surface area (TPSA) is 26.0 Å². The van der Waals surface area contributed by atoms with Crippen LogP contribution in [0.15, 0.2) is 29.2 Å². The van der Waals surface area contributed by atoms with Gasteiger partial charge in [0.25, 0.3) is 0 Å². The molecule has 0 aromatic heterocycles. The van der Waals surface area contributed by atoms with Crippen LogP contribution >= 0.6 is 11.8 Å². The molecule has 1 aliphatic heterocycles. The van der Waals surface area contributed by atoms with Crippen LogP contribution in [0.1, 0.15) is 38.2 Å². The molecule has 1 nitrogen and oxygen atoms in total. The molecule has 1 saturated carbocycles. The van der Waals surface area contributed by atoms with Gasteiger partial charge in [-0.05, 0) is 42.7 Å². The van der Waals surface area contributed by atoms with Crippen LogP contribution in [-0.2, 0) is 6.42 Å². The lowest BCUT2D eigenvalue weighted by Gasteiger charge is -2.33. The van der Waals surface area contributed by atoms with Crippen molar-refractivity contribution < 1.29 is 0 Å². The molecular formula is C16H23NS. The lowest BCUT2D eigenvalue weighted by atomic mass is 9.78. The van der Waals surface area contributed by atoms with Gasteiger partial charge in [0.1, 0.15) is 0 Å². The zero-order valence-corrected chi connectivity index (χ0v) is 12.0. The van der Waals surface area contributed by atoms with E-state index in [1.54, 1.807) is 0 Å². The molecule has 3 rings (SSSR count). The molecule has 18 heavy (non-hydrogen) atoms. The minimum absolute atomic E-state index is 0.384. The Morgan fingerprint density at radius 1 is 1.17 bits per heavy atom. The third-order valence-electron chi connectivity index (χ3n) is 4.71. The van der Waals surface area contributed by atoms with Gasteiger partial charge in [-0.1, -0.05) is 38.0 Å². The zero-order valence-electron chi connectivity index (χ0n) is 11.1. The summed E-state index contributed by atoms with van der Waals surface area (Å²) in [6.07, 6.45) is 6.62. The second-order valence-electron chi connectivity index (χ2n) is 6.07. The second kappa shape index (κ2) is 5.26. The van der Waals surface area contributed by atoms with Crippen molar-refractivity contribution >= 4 is 11.8 Å². The molecule has 2 atom stereocenters. The molecule has 0 saturated heterocycles. The fourth-order valence-electron chi connectivity index (χ4n) is 3.40. The minimum atomic E-state index is 0.384. The van der Waals surface area contributed by atoms with Gasteiger partial charge in [-0.2, -0.15) is 0 Å². The summed E-state index contributed by atoms with van der Waals surface area (Å²) in [6.45, 7) is 2.38. The predicted octanol–water partition coefficient (Wildman–Crippen LogP) is 3.86. The zero-order chi connectivity index (χ0) is 12.5. The molecule has 2 unspecified atom stereocenters. The first-order chi connectivity index (χ1) is 8.74. The normalized spacial score (nSPS) is 33.1. The molecule has 1 aromatic rings. The first-order valence-electron chi connectivity index (χ1n) is 7.24. The summed E-state index contributed by atoms with van der Waals surface area (Å²) in [5.41, 5.74) is 8.06. The summed E-state index contributed by atoms with van der Waals surface area (Å²) in [5.74, 6) is 1.68. The van der Waals surface area contributed by atoms with Crippen LogP contribution in [0.5, 0.6) is 0 Å². The standard InChI is InChI=1S/C16H23NS/c1-11-6-8-12(9-7-11)16(17)15-10-13-4-2-3-5-14(13)18-15/h2-5,11-12,15-16H,6-10,17H2,1H3. The highest BCUT2D eigenvalue weighted by Crippen LogP contribution is 2.41. The van der Waals surface area contributed by atoms with E-state index in [0.29, 0.717) is 11.3 Å². The number of rotatable bonds is 2. The Kier molecular flexibility index (Phi) is 3.67. The Morgan fingerprint density at radius 2 is 1.89 bits per heavy atom. The van der Waals surface area contributed by atoms with Crippen molar-refractivity contribution in [1.82, 2.24) is 0 Å². The lowest BCUT2D eigenvalue weighted by molar-refractivity contribution is 0.251. The van der Waals surface area contributed by atoms with Gasteiger partial charge >= 0.3 is 0 Å². The molecule has 98 valence electrons. The van der Waals surface area contributed by atoms with Crippen molar-refractivity contribution in [1.29, 1.82) is 0 Å². The van der Waals surface area contributed by atoms with Crippen molar-refractivity contribution in [3.8, 4) is 0 Å². The highest BCUT2D eigenvalue weighted by Gasteiger charge is 2.33. The van der Waals surface area contributed by atoms with Crippen LogP contribution in [0.4, 0.5) is 0 Å². The number of thioether (sulfide) groups is 1. The highest BCUT2D eigenvalue weighted by molar-refractivity contribution is 8.00. The predicted molar refractivity (Wildman–Crippen MR) is 78.9 cm³/mol. The van der Waals surface area contributed by atoms with E-state index in [-0.39, 0.29) is 0 Å². The first kappa shape index (κ1) is 12.6. The number of hydrogen-bond donors (Lipinski definition) is 1. The monoisotopic (exact) mass is 261 g/mol. The molecule has 0 radical (unpaired) electrons. The second-order valence-corrected chi connectivity index (χ2v) is 7.35. The number of benzene rings is 1. The quantitative estimate of drug-likeness (QED) is 0.875. The molecule has 2 aliphatic rings. The van der Waals surface area contributed by atoms with Crippen LogP contribution in [-0.4, -0.2) is 11.3 Å². The SMILES string of the molecule is CC1CCC(C(N)C2Cc3ccccc3S2)CC1. The Labute approximate surface area is 115 Å². The van der Waals surface area contributed by atoms with E-state index in [0.717, 1.165) is 11.8 Å². The van der Waals surface area contributed by atoms with Crippen molar-refractivity contribution in [2.45, 2.75) is 55.2 Å². The first-order valence-corrected chi connectivity index (χ1v) is 8.12. The smallest absolute Gasteiger partial charge is 0.0289 e. The van der Waals surface area contributed by atoms with E-state index in [2.05, 4.69) is 31.2 Å². The molecule has 0 spiro atoms. The van der Waals surface area contributed by atoms with E-state index < -0.39 is 0 Å². The maximum absolute atomic E-state index is 6.56. The summed E-state index contributed by atoms with van der Waals surface area (Å²) >= 11 is 2.01. The Hall–Kier alpha value is -0.470. The molecule has 0 amide bonds. The molecule has 0 bridgehead atoms. The number of nitrogens with two attached hydrogens (primary N) is 1. The van der Waals surface area contributed by atoms with Crippen LogP contribution < -0.4 is 5.73 Å². The van der Waals surface area contributed by atoms with E-state index in [4.69, 9.17) is 5.73 Å². The number of fused-ring (bicyclic) bond motifs is 1. The van der Waals surface area contributed by atoms with Crippen LogP contribution in [0.3, 0.4) is 0 Å². The Balaban J connectivity index is 1.63. The van der Waals surface area contributed by atoms with Gasteiger partial charge in [0, 0.05) is 16.2 Å². The van der Waals surface area contributed by atoms with Gasteiger partial charge in [-0.15, -0.1) is 11.8 Å².